The van der Waals surface area contributed by atoms with Crippen molar-refractivity contribution in [1.29, 1.82) is 0 Å². The van der Waals surface area contributed by atoms with Crippen LogP contribution in [0.5, 0.6) is 0 Å². The lowest BCUT2D eigenvalue weighted by Gasteiger charge is -2.40. The molecule has 0 bridgehead atoms. The summed E-state index contributed by atoms with van der Waals surface area (Å²) in [5.41, 5.74) is 3.02. The number of benzene rings is 2. The van der Waals surface area contributed by atoms with E-state index in [1.807, 2.05) is 72.4 Å². The Morgan fingerprint density at radius 1 is 1.03 bits per heavy atom. The number of carbonyl (C=O) groups is 2. The largest absolute Gasteiger partial charge is 0.361 e. The van der Waals surface area contributed by atoms with Crippen LogP contribution in [-0.2, 0) is 11.2 Å². The number of hydrogen-bond acceptors (Lipinski definition) is 3. The Morgan fingerprint density at radius 2 is 1.76 bits per heavy atom. The molecule has 2 amide bonds. The molecule has 1 aliphatic rings. The highest BCUT2D eigenvalue weighted by atomic mass is 16.2. The van der Waals surface area contributed by atoms with Crippen LogP contribution >= 0.6 is 0 Å². The zero-order chi connectivity index (χ0) is 23.4. The van der Waals surface area contributed by atoms with Gasteiger partial charge < -0.3 is 19.7 Å². The van der Waals surface area contributed by atoms with Crippen LogP contribution in [0.2, 0.25) is 0 Å². The number of carbonyl (C=O) groups excluding carboxylic acids is 2. The third-order valence-electron chi connectivity index (χ3n) is 6.80. The predicted molar refractivity (Wildman–Crippen MR) is 132 cm³/mol. The van der Waals surface area contributed by atoms with Crippen molar-refractivity contribution < 1.29 is 9.59 Å². The van der Waals surface area contributed by atoms with Gasteiger partial charge >= 0.3 is 0 Å². The van der Waals surface area contributed by atoms with Crippen molar-refractivity contribution in [3.8, 4) is 0 Å². The smallest absolute Gasteiger partial charge is 0.253 e. The first-order chi connectivity index (χ1) is 15.9. The van der Waals surface area contributed by atoms with E-state index >= 15 is 0 Å². The molecule has 1 N–H and O–H groups in total. The van der Waals surface area contributed by atoms with Crippen LogP contribution in [0.4, 0.5) is 0 Å². The Balaban J connectivity index is 1.45. The first kappa shape index (κ1) is 23.1. The highest BCUT2D eigenvalue weighted by Crippen LogP contribution is 2.28. The number of H-pyrrole nitrogens is 1. The fourth-order valence-electron chi connectivity index (χ4n) is 4.90. The van der Waals surface area contributed by atoms with E-state index in [-0.39, 0.29) is 17.9 Å². The monoisotopic (exact) mass is 446 g/mol. The van der Waals surface area contributed by atoms with E-state index in [1.165, 1.54) is 5.56 Å². The van der Waals surface area contributed by atoms with Gasteiger partial charge in [0.1, 0.15) is 0 Å². The van der Waals surface area contributed by atoms with E-state index in [1.54, 1.807) is 0 Å². The second-order valence-corrected chi connectivity index (χ2v) is 9.41. The Morgan fingerprint density at radius 3 is 2.45 bits per heavy atom. The molecule has 1 fully saturated rings. The highest BCUT2D eigenvalue weighted by molar-refractivity contribution is 5.98. The van der Waals surface area contributed by atoms with Gasteiger partial charge in [0.15, 0.2) is 0 Å². The molecule has 0 saturated carbocycles. The molecule has 2 heterocycles. The number of rotatable bonds is 7. The summed E-state index contributed by atoms with van der Waals surface area (Å²) >= 11 is 0. The summed E-state index contributed by atoms with van der Waals surface area (Å²) in [6.07, 6.45) is 4.52. The summed E-state index contributed by atoms with van der Waals surface area (Å²) in [7, 11) is 5.78. The van der Waals surface area contributed by atoms with Crippen LogP contribution in [0, 0.1) is 5.92 Å². The highest BCUT2D eigenvalue weighted by Gasteiger charge is 2.33. The molecule has 1 aliphatic heterocycles. The number of fused-ring (bicyclic) bond motifs is 1. The van der Waals surface area contributed by atoms with Crippen molar-refractivity contribution in [1.82, 2.24) is 19.7 Å². The van der Waals surface area contributed by atoms with E-state index in [4.69, 9.17) is 0 Å². The van der Waals surface area contributed by atoms with Gasteiger partial charge in [0.2, 0.25) is 5.91 Å². The average molecular weight is 447 g/mol. The number of nitrogens with one attached hydrogen (secondary N) is 1. The lowest BCUT2D eigenvalue weighted by Crippen LogP contribution is -2.50. The predicted octanol–water partition coefficient (Wildman–Crippen LogP) is 3.65. The number of aromatic nitrogens is 1. The van der Waals surface area contributed by atoms with Crippen molar-refractivity contribution in [3.05, 3.63) is 71.9 Å². The average Bonchev–Trinajstić information content (AvgIpc) is 3.30. The van der Waals surface area contributed by atoms with Gasteiger partial charge in [-0.25, -0.2) is 0 Å². The molecule has 0 radical (unpaired) electrons. The van der Waals surface area contributed by atoms with E-state index in [0.29, 0.717) is 12.5 Å². The van der Waals surface area contributed by atoms with Gasteiger partial charge in [-0.15, -0.1) is 0 Å². The first-order valence-corrected chi connectivity index (χ1v) is 11.7. The van der Waals surface area contributed by atoms with E-state index in [2.05, 4.69) is 29.2 Å². The molecule has 0 aliphatic carbocycles. The maximum absolute atomic E-state index is 13.1. The topological polar surface area (TPSA) is 59.7 Å². The standard InChI is InChI=1S/C27H34N4O2/c1-29(2)19-26(32)30(3)25(17-20-7-5-4-6-8-20)21-12-15-31(16-13-21)27(33)23-9-10-24-22(18-23)11-14-28-24/h4-11,14,18,21,25,28H,12-13,15-17,19H2,1-3H3. The maximum Gasteiger partial charge on any atom is 0.253 e. The molecule has 1 aromatic heterocycles. The summed E-state index contributed by atoms with van der Waals surface area (Å²) < 4.78 is 0. The molecule has 33 heavy (non-hydrogen) atoms. The van der Waals surface area contributed by atoms with Crippen LogP contribution in [0.1, 0.15) is 28.8 Å². The van der Waals surface area contributed by atoms with Gasteiger partial charge in [0.25, 0.3) is 5.91 Å². The molecule has 6 nitrogen and oxygen atoms in total. The van der Waals surface area contributed by atoms with Gasteiger partial charge in [-0.05, 0) is 69.1 Å². The summed E-state index contributed by atoms with van der Waals surface area (Å²) in [4.78, 5) is 35.0. The summed E-state index contributed by atoms with van der Waals surface area (Å²) in [6.45, 7) is 1.84. The maximum atomic E-state index is 13.1. The normalized spacial score (nSPS) is 15.7. The van der Waals surface area contributed by atoms with Gasteiger partial charge in [-0.3, -0.25) is 9.59 Å². The molecule has 1 unspecified atom stereocenters. The number of hydrogen-bond donors (Lipinski definition) is 1. The molecule has 1 saturated heterocycles. The minimum Gasteiger partial charge on any atom is -0.361 e. The molecule has 4 rings (SSSR count). The van der Waals surface area contributed by atoms with Crippen molar-refractivity contribution in [2.75, 3.05) is 40.8 Å². The third kappa shape index (κ3) is 5.45. The second-order valence-electron chi connectivity index (χ2n) is 9.41. The third-order valence-corrected chi connectivity index (χ3v) is 6.80. The number of aromatic amines is 1. The van der Waals surface area contributed by atoms with Crippen LogP contribution in [0.3, 0.4) is 0 Å². The summed E-state index contributed by atoms with van der Waals surface area (Å²) in [5.74, 6) is 0.588. The minimum absolute atomic E-state index is 0.0909. The van der Waals surface area contributed by atoms with Crippen molar-refractivity contribution in [3.63, 3.8) is 0 Å². The lowest BCUT2D eigenvalue weighted by atomic mass is 9.84. The molecule has 0 spiro atoms. The van der Waals surface area contributed by atoms with Crippen molar-refractivity contribution in [2.24, 2.45) is 5.92 Å². The molecular weight excluding hydrogens is 412 g/mol. The minimum atomic E-state index is 0.0909. The molecule has 1 atom stereocenters. The van der Waals surface area contributed by atoms with Crippen LogP contribution < -0.4 is 0 Å². The SMILES string of the molecule is CN(C)CC(=O)N(C)C(Cc1ccccc1)C1CCN(C(=O)c2ccc3[nH]ccc3c2)CC1. The second kappa shape index (κ2) is 10.2. The van der Waals surface area contributed by atoms with Crippen LogP contribution in [-0.4, -0.2) is 78.3 Å². The van der Waals surface area contributed by atoms with Crippen LogP contribution in [0.15, 0.2) is 60.8 Å². The Bertz CT molecular complexity index is 1080. The lowest BCUT2D eigenvalue weighted by molar-refractivity contribution is -0.134. The molecule has 3 aromatic rings. The zero-order valence-electron chi connectivity index (χ0n) is 19.8. The van der Waals surface area contributed by atoms with Gasteiger partial charge in [0.05, 0.1) is 6.54 Å². The molecule has 6 heteroatoms. The Kier molecular flexibility index (Phi) is 7.14. The number of amides is 2. The zero-order valence-corrected chi connectivity index (χ0v) is 19.8. The van der Waals surface area contributed by atoms with Gasteiger partial charge in [0, 0.05) is 48.8 Å². The molecular formula is C27H34N4O2. The van der Waals surface area contributed by atoms with Gasteiger partial charge in [-0.2, -0.15) is 0 Å². The van der Waals surface area contributed by atoms with E-state index in [0.717, 1.165) is 48.8 Å². The van der Waals surface area contributed by atoms with Gasteiger partial charge in [-0.1, -0.05) is 30.3 Å². The Hall–Kier alpha value is -3.12. The molecule has 2 aromatic carbocycles. The van der Waals surface area contributed by atoms with Crippen molar-refractivity contribution in [2.45, 2.75) is 25.3 Å². The fraction of sp³-hybridized carbons (Fsp3) is 0.407. The summed E-state index contributed by atoms with van der Waals surface area (Å²) in [6, 6.07) is 18.3. The first-order valence-electron chi connectivity index (χ1n) is 11.7. The summed E-state index contributed by atoms with van der Waals surface area (Å²) in [5, 5.41) is 1.06. The Labute approximate surface area is 196 Å². The van der Waals surface area contributed by atoms with E-state index < -0.39 is 0 Å². The number of likely N-dealkylation sites (tertiary alicyclic amines) is 1. The number of piperidine rings is 1. The molecule has 174 valence electrons. The fourth-order valence-corrected chi connectivity index (χ4v) is 4.90. The number of nitrogens with zero attached hydrogens (tertiary/aromatic N) is 3. The number of likely N-dealkylation sites (N-methyl/N-ethyl adjacent to an activating group) is 2. The quantitative estimate of drug-likeness (QED) is 0.603. The van der Waals surface area contributed by atoms with Crippen LogP contribution in [0.25, 0.3) is 10.9 Å². The van der Waals surface area contributed by atoms with Crippen molar-refractivity contribution >= 4 is 22.7 Å². The van der Waals surface area contributed by atoms with E-state index in [9.17, 15) is 9.59 Å².